The molecule has 1 amide bonds. The summed E-state index contributed by atoms with van der Waals surface area (Å²) in [6.07, 6.45) is 1.61. The smallest absolute Gasteiger partial charge is 0.258 e. The van der Waals surface area contributed by atoms with Gasteiger partial charge in [-0.15, -0.1) is 0 Å². The summed E-state index contributed by atoms with van der Waals surface area (Å²) in [5.41, 5.74) is 1.63. The summed E-state index contributed by atoms with van der Waals surface area (Å²) in [6.45, 7) is -0.169. The number of aromatic hydroxyl groups is 1. The monoisotopic (exact) mass is 418 g/mol. The van der Waals surface area contributed by atoms with Gasteiger partial charge in [-0.2, -0.15) is 0 Å². The first-order valence-electron chi connectivity index (χ1n) is 9.41. The summed E-state index contributed by atoms with van der Waals surface area (Å²) in [7, 11) is 0. The molecule has 4 aromatic rings. The molecule has 4 rings (SSSR count). The number of phenolic OH excluding ortho intramolecular Hbond substituents is 1. The Kier molecular flexibility index (Phi) is 5.82. The number of amides is 1. The fourth-order valence-corrected chi connectivity index (χ4v) is 3.52. The molecule has 0 fully saturated rings. The van der Waals surface area contributed by atoms with Crippen molar-refractivity contribution < 1.29 is 14.6 Å². The van der Waals surface area contributed by atoms with Crippen LogP contribution in [0.2, 0.25) is 5.02 Å². The highest BCUT2D eigenvalue weighted by Gasteiger charge is 2.23. The van der Waals surface area contributed by atoms with E-state index >= 15 is 0 Å². The quantitative estimate of drug-likeness (QED) is 0.468. The van der Waals surface area contributed by atoms with Crippen molar-refractivity contribution in [3.63, 3.8) is 0 Å². The predicted octanol–water partition coefficient (Wildman–Crippen LogP) is 4.88. The maximum absolute atomic E-state index is 12.7. The molecule has 30 heavy (non-hydrogen) atoms. The molecular weight excluding hydrogens is 400 g/mol. The van der Waals surface area contributed by atoms with Gasteiger partial charge in [0.2, 0.25) is 0 Å². The molecule has 3 aromatic carbocycles. The molecule has 5 nitrogen and oxygen atoms in total. The van der Waals surface area contributed by atoms with E-state index in [1.165, 1.54) is 0 Å². The normalized spacial score (nSPS) is 11.8. The van der Waals surface area contributed by atoms with Gasteiger partial charge in [-0.1, -0.05) is 66.2 Å². The van der Waals surface area contributed by atoms with Crippen molar-refractivity contribution in [3.05, 3.63) is 101 Å². The number of fused-ring (bicyclic) bond motifs is 1. The summed E-state index contributed by atoms with van der Waals surface area (Å²) in [5.74, 6) is 0.256. The topological polar surface area (TPSA) is 71.5 Å². The van der Waals surface area contributed by atoms with Crippen LogP contribution < -0.4 is 10.1 Å². The molecule has 2 N–H and O–H groups in total. The van der Waals surface area contributed by atoms with Gasteiger partial charge in [0.25, 0.3) is 5.91 Å². The van der Waals surface area contributed by atoms with Crippen molar-refractivity contribution in [1.82, 2.24) is 10.3 Å². The Morgan fingerprint density at radius 1 is 0.967 bits per heavy atom. The third-order valence-electron chi connectivity index (χ3n) is 4.72. The number of hydrogen-bond acceptors (Lipinski definition) is 4. The molecule has 0 aliphatic heterocycles. The van der Waals surface area contributed by atoms with Gasteiger partial charge in [-0.05, 0) is 29.8 Å². The van der Waals surface area contributed by atoms with Crippen LogP contribution in [0, 0.1) is 0 Å². The third kappa shape index (κ3) is 4.21. The summed E-state index contributed by atoms with van der Waals surface area (Å²) in [6, 6.07) is 22.9. The van der Waals surface area contributed by atoms with E-state index in [1.807, 2.05) is 48.5 Å². The molecule has 0 radical (unpaired) electrons. The van der Waals surface area contributed by atoms with Crippen LogP contribution in [-0.4, -0.2) is 22.6 Å². The number of nitrogens with one attached hydrogen (secondary N) is 1. The number of ether oxygens (including phenoxy) is 1. The molecule has 6 heteroatoms. The van der Waals surface area contributed by atoms with E-state index < -0.39 is 6.04 Å². The Labute approximate surface area is 178 Å². The van der Waals surface area contributed by atoms with Gasteiger partial charge in [-0.25, -0.2) is 0 Å². The number of phenols is 1. The Morgan fingerprint density at radius 3 is 2.53 bits per heavy atom. The van der Waals surface area contributed by atoms with E-state index in [-0.39, 0.29) is 18.3 Å². The number of halogens is 1. The average Bonchev–Trinajstić information content (AvgIpc) is 2.78. The SMILES string of the molecule is O=C(COc1ccccc1)NC(c1ccccc1Cl)c1ccc2cccnc2c1O. The minimum atomic E-state index is -0.669. The van der Waals surface area contributed by atoms with E-state index in [0.717, 1.165) is 5.39 Å². The van der Waals surface area contributed by atoms with Crippen LogP contribution in [0.25, 0.3) is 10.9 Å². The molecule has 0 aliphatic rings. The zero-order valence-corrected chi connectivity index (χ0v) is 16.7. The second kappa shape index (κ2) is 8.84. The van der Waals surface area contributed by atoms with Gasteiger partial charge in [0.15, 0.2) is 6.61 Å². The second-order valence-electron chi connectivity index (χ2n) is 6.70. The van der Waals surface area contributed by atoms with Crippen LogP contribution in [0.4, 0.5) is 0 Å². The van der Waals surface area contributed by atoms with Crippen LogP contribution in [0.5, 0.6) is 11.5 Å². The Morgan fingerprint density at radius 2 is 1.73 bits per heavy atom. The highest BCUT2D eigenvalue weighted by Crippen LogP contribution is 2.36. The number of carbonyl (C=O) groups is 1. The minimum absolute atomic E-state index is 0.00213. The van der Waals surface area contributed by atoms with E-state index in [9.17, 15) is 9.90 Å². The largest absolute Gasteiger partial charge is 0.505 e. The van der Waals surface area contributed by atoms with Gasteiger partial charge < -0.3 is 15.2 Å². The van der Waals surface area contributed by atoms with Crippen molar-refractivity contribution in [2.45, 2.75) is 6.04 Å². The Hall–Kier alpha value is -3.57. The molecule has 0 aliphatic carbocycles. The predicted molar refractivity (Wildman–Crippen MR) is 117 cm³/mol. The number of para-hydroxylation sites is 1. The van der Waals surface area contributed by atoms with Gasteiger partial charge in [-0.3, -0.25) is 9.78 Å². The molecule has 1 aromatic heterocycles. The number of carbonyl (C=O) groups excluding carboxylic acids is 1. The second-order valence-corrected chi connectivity index (χ2v) is 7.11. The summed E-state index contributed by atoms with van der Waals surface area (Å²) >= 11 is 6.42. The number of aromatic nitrogens is 1. The van der Waals surface area contributed by atoms with Crippen molar-refractivity contribution in [3.8, 4) is 11.5 Å². The van der Waals surface area contributed by atoms with Crippen LogP contribution in [0.1, 0.15) is 17.2 Å². The van der Waals surface area contributed by atoms with Crippen LogP contribution in [-0.2, 0) is 4.79 Å². The van der Waals surface area contributed by atoms with Crippen LogP contribution >= 0.6 is 11.6 Å². The first-order chi connectivity index (χ1) is 14.6. The fraction of sp³-hybridized carbons (Fsp3) is 0.0833. The molecule has 0 bridgehead atoms. The van der Waals surface area contributed by atoms with E-state index in [0.29, 0.717) is 27.4 Å². The zero-order valence-electron chi connectivity index (χ0n) is 16.0. The zero-order chi connectivity index (χ0) is 20.9. The van der Waals surface area contributed by atoms with Crippen molar-refractivity contribution in [2.75, 3.05) is 6.61 Å². The van der Waals surface area contributed by atoms with E-state index in [4.69, 9.17) is 16.3 Å². The van der Waals surface area contributed by atoms with Crippen molar-refractivity contribution >= 4 is 28.4 Å². The molecule has 1 atom stereocenters. The Balaban J connectivity index is 1.66. The summed E-state index contributed by atoms with van der Waals surface area (Å²) in [5, 5.41) is 15.1. The highest BCUT2D eigenvalue weighted by atomic mass is 35.5. The maximum Gasteiger partial charge on any atom is 0.258 e. The van der Waals surface area contributed by atoms with Gasteiger partial charge in [0, 0.05) is 22.2 Å². The molecule has 150 valence electrons. The highest BCUT2D eigenvalue weighted by molar-refractivity contribution is 6.31. The summed E-state index contributed by atoms with van der Waals surface area (Å²) in [4.78, 5) is 17.0. The van der Waals surface area contributed by atoms with Crippen molar-refractivity contribution in [1.29, 1.82) is 0 Å². The molecular formula is C24H19ClN2O3. The van der Waals surface area contributed by atoms with Crippen LogP contribution in [0.15, 0.2) is 85.1 Å². The van der Waals surface area contributed by atoms with Crippen LogP contribution in [0.3, 0.4) is 0 Å². The number of nitrogens with zero attached hydrogens (tertiary/aromatic N) is 1. The van der Waals surface area contributed by atoms with Crippen molar-refractivity contribution in [2.24, 2.45) is 0 Å². The fourth-order valence-electron chi connectivity index (χ4n) is 3.28. The third-order valence-corrected chi connectivity index (χ3v) is 5.07. The minimum Gasteiger partial charge on any atom is -0.505 e. The van der Waals surface area contributed by atoms with Gasteiger partial charge in [0.05, 0.1) is 6.04 Å². The lowest BCUT2D eigenvalue weighted by Gasteiger charge is -2.22. The van der Waals surface area contributed by atoms with E-state index in [2.05, 4.69) is 10.3 Å². The molecule has 1 heterocycles. The average molecular weight is 419 g/mol. The lowest BCUT2D eigenvalue weighted by atomic mass is 9.96. The first kappa shape index (κ1) is 19.7. The standard InChI is InChI=1S/C24H19ClN2O3/c25-20-11-5-4-10-18(20)23(27-21(28)15-30-17-8-2-1-3-9-17)19-13-12-16-7-6-14-26-22(16)24(19)29/h1-14,23,29H,15H2,(H,27,28). The first-order valence-corrected chi connectivity index (χ1v) is 9.79. The van der Waals surface area contributed by atoms with E-state index in [1.54, 1.807) is 36.5 Å². The summed E-state index contributed by atoms with van der Waals surface area (Å²) < 4.78 is 5.55. The maximum atomic E-state index is 12.7. The molecule has 0 saturated heterocycles. The van der Waals surface area contributed by atoms with Gasteiger partial charge >= 0.3 is 0 Å². The van der Waals surface area contributed by atoms with Gasteiger partial charge in [0.1, 0.15) is 17.0 Å². The molecule has 1 unspecified atom stereocenters. The number of rotatable bonds is 6. The number of pyridine rings is 1. The lowest BCUT2D eigenvalue weighted by molar-refractivity contribution is -0.123. The number of hydrogen-bond donors (Lipinski definition) is 2. The molecule has 0 spiro atoms. The number of benzene rings is 3. The lowest BCUT2D eigenvalue weighted by Crippen LogP contribution is -2.33. The Bertz CT molecular complexity index is 1180. The molecule has 0 saturated carbocycles.